The van der Waals surface area contributed by atoms with Gasteiger partial charge < -0.3 is 10.6 Å². The van der Waals surface area contributed by atoms with Crippen LogP contribution in [0.15, 0.2) is 59.5 Å². The van der Waals surface area contributed by atoms with Crippen LogP contribution in [-0.4, -0.2) is 38.4 Å². The van der Waals surface area contributed by atoms with Crippen LogP contribution in [0.1, 0.15) is 28.8 Å². The standard InChI is InChI=1S/C21H24N2O3S/c22-20-10-9-17-12-23(13-19(17)20)21(24)16-6-4-5-15(11-16)14-27(25,26)18-7-2-1-3-8-18/h1-8,11,17,19-20H,9-10,12-14,22H2. The molecular weight excluding hydrogens is 360 g/mol. The van der Waals surface area contributed by atoms with Crippen LogP contribution in [0.4, 0.5) is 0 Å². The van der Waals surface area contributed by atoms with Crippen LogP contribution in [0.25, 0.3) is 0 Å². The third kappa shape index (κ3) is 3.64. The highest BCUT2D eigenvalue weighted by Crippen LogP contribution is 2.37. The van der Waals surface area contributed by atoms with Gasteiger partial charge in [0.25, 0.3) is 5.91 Å². The second-order valence-corrected chi connectivity index (χ2v) is 9.64. The van der Waals surface area contributed by atoms with Crippen molar-refractivity contribution in [2.75, 3.05) is 13.1 Å². The Hall–Kier alpha value is -2.18. The Bertz CT molecular complexity index is 943. The van der Waals surface area contributed by atoms with E-state index in [1.165, 1.54) is 0 Å². The molecule has 1 amide bonds. The molecular formula is C21H24N2O3S. The quantitative estimate of drug-likeness (QED) is 0.878. The second kappa shape index (κ2) is 7.09. The minimum atomic E-state index is -3.44. The molecule has 4 rings (SSSR count). The predicted molar refractivity (Wildman–Crippen MR) is 104 cm³/mol. The molecule has 3 unspecified atom stereocenters. The van der Waals surface area contributed by atoms with E-state index in [1.54, 1.807) is 54.6 Å². The van der Waals surface area contributed by atoms with Gasteiger partial charge in [0.05, 0.1) is 10.6 Å². The smallest absolute Gasteiger partial charge is 0.253 e. The van der Waals surface area contributed by atoms with E-state index in [1.807, 2.05) is 4.90 Å². The molecule has 2 aromatic carbocycles. The number of fused-ring (bicyclic) bond motifs is 1. The molecule has 27 heavy (non-hydrogen) atoms. The number of carbonyl (C=O) groups excluding carboxylic acids is 1. The first-order valence-corrected chi connectivity index (χ1v) is 11.0. The van der Waals surface area contributed by atoms with Crippen molar-refractivity contribution in [1.29, 1.82) is 0 Å². The molecule has 3 atom stereocenters. The van der Waals surface area contributed by atoms with E-state index in [2.05, 4.69) is 0 Å². The van der Waals surface area contributed by atoms with Gasteiger partial charge in [0.1, 0.15) is 0 Å². The van der Waals surface area contributed by atoms with E-state index in [-0.39, 0.29) is 17.7 Å². The molecule has 0 radical (unpaired) electrons. The first-order chi connectivity index (χ1) is 12.9. The summed E-state index contributed by atoms with van der Waals surface area (Å²) in [7, 11) is -3.44. The van der Waals surface area contributed by atoms with Crippen molar-refractivity contribution in [1.82, 2.24) is 4.90 Å². The van der Waals surface area contributed by atoms with Gasteiger partial charge in [0.15, 0.2) is 9.84 Å². The maximum atomic E-state index is 12.9. The molecule has 2 N–H and O–H groups in total. The minimum absolute atomic E-state index is 0.0319. The molecule has 1 heterocycles. The molecule has 2 aromatic rings. The summed E-state index contributed by atoms with van der Waals surface area (Å²) >= 11 is 0. The molecule has 1 aliphatic heterocycles. The van der Waals surface area contributed by atoms with Gasteiger partial charge in [-0.3, -0.25) is 4.79 Å². The van der Waals surface area contributed by atoms with Gasteiger partial charge in [-0.25, -0.2) is 8.42 Å². The number of nitrogens with zero attached hydrogens (tertiary/aromatic N) is 1. The van der Waals surface area contributed by atoms with Gasteiger partial charge in [0.2, 0.25) is 0 Å². The molecule has 1 aliphatic carbocycles. The lowest BCUT2D eigenvalue weighted by Gasteiger charge is -2.19. The van der Waals surface area contributed by atoms with Crippen LogP contribution < -0.4 is 5.73 Å². The fourth-order valence-corrected chi connectivity index (χ4v) is 5.74. The molecule has 142 valence electrons. The Morgan fingerprint density at radius 3 is 2.56 bits per heavy atom. The Morgan fingerprint density at radius 2 is 1.81 bits per heavy atom. The van der Waals surface area contributed by atoms with Crippen molar-refractivity contribution in [3.63, 3.8) is 0 Å². The fourth-order valence-electron chi connectivity index (χ4n) is 4.38. The molecule has 1 saturated carbocycles. The Kier molecular flexibility index (Phi) is 4.78. The van der Waals surface area contributed by atoms with Crippen LogP contribution >= 0.6 is 0 Å². The zero-order valence-corrected chi connectivity index (χ0v) is 15.9. The molecule has 2 fully saturated rings. The molecule has 0 bridgehead atoms. The molecule has 0 aromatic heterocycles. The van der Waals surface area contributed by atoms with Crippen LogP contribution in [0.3, 0.4) is 0 Å². The average Bonchev–Trinajstić information content (AvgIpc) is 3.24. The van der Waals surface area contributed by atoms with Crippen LogP contribution in [-0.2, 0) is 15.6 Å². The van der Waals surface area contributed by atoms with E-state index in [0.29, 0.717) is 34.4 Å². The number of amides is 1. The first-order valence-electron chi connectivity index (χ1n) is 9.35. The molecule has 0 spiro atoms. The van der Waals surface area contributed by atoms with Gasteiger partial charge in [-0.2, -0.15) is 0 Å². The summed E-state index contributed by atoms with van der Waals surface area (Å²) in [6.45, 7) is 1.46. The van der Waals surface area contributed by atoms with Crippen LogP contribution in [0.5, 0.6) is 0 Å². The van der Waals surface area contributed by atoms with Crippen molar-refractivity contribution in [2.45, 2.75) is 29.5 Å². The summed E-state index contributed by atoms with van der Waals surface area (Å²) in [5, 5.41) is 0. The fraction of sp³-hybridized carbons (Fsp3) is 0.381. The summed E-state index contributed by atoms with van der Waals surface area (Å²) in [5.74, 6) is 0.755. The number of likely N-dealkylation sites (tertiary alicyclic amines) is 1. The van der Waals surface area contributed by atoms with Gasteiger partial charge in [0, 0.05) is 24.7 Å². The van der Waals surface area contributed by atoms with Crippen LogP contribution in [0.2, 0.25) is 0 Å². The number of sulfone groups is 1. The highest BCUT2D eigenvalue weighted by Gasteiger charge is 2.42. The second-order valence-electron chi connectivity index (χ2n) is 7.65. The maximum absolute atomic E-state index is 12.9. The summed E-state index contributed by atoms with van der Waals surface area (Å²) in [5.41, 5.74) is 7.34. The topological polar surface area (TPSA) is 80.5 Å². The number of hydrogen-bond donors (Lipinski definition) is 1. The van der Waals surface area contributed by atoms with Crippen molar-refractivity contribution in [3.05, 3.63) is 65.7 Å². The summed E-state index contributed by atoms with van der Waals surface area (Å²) < 4.78 is 25.2. The third-order valence-electron chi connectivity index (χ3n) is 5.83. The van der Waals surface area contributed by atoms with Crippen molar-refractivity contribution in [2.24, 2.45) is 17.6 Å². The zero-order valence-electron chi connectivity index (χ0n) is 15.1. The van der Waals surface area contributed by atoms with Gasteiger partial charge in [-0.1, -0.05) is 30.3 Å². The number of rotatable bonds is 4. The molecule has 6 heteroatoms. The number of hydrogen-bond acceptors (Lipinski definition) is 4. The van der Waals surface area contributed by atoms with E-state index in [0.717, 1.165) is 19.4 Å². The lowest BCUT2D eigenvalue weighted by atomic mass is 9.98. The van der Waals surface area contributed by atoms with Crippen molar-refractivity contribution < 1.29 is 13.2 Å². The number of carbonyl (C=O) groups is 1. The minimum Gasteiger partial charge on any atom is -0.338 e. The Labute approximate surface area is 160 Å². The Morgan fingerprint density at radius 1 is 1.04 bits per heavy atom. The average molecular weight is 385 g/mol. The lowest BCUT2D eigenvalue weighted by Crippen LogP contribution is -2.33. The predicted octanol–water partition coefficient (Wildman–Crippen LogP) is 2.47. The SMILES string of the molecule is NC1CCC2CN(C(=O)c3cccc(CS(=O)(=O)c4ccccc4)c3)CC12. The summed E-state index contributed by atoms with van der Waals surface area (Å²) in [6, 6.07) is 15.6. The molecule has 5 nitrogen and oxygen atoms in total. The van der Waals surface area contributed by atoms with Gasteiger partial charge >= 0.3 is 0 Å². The van der Waals surface area contributed by atoms with E-state index >= 15 is 0 Å². The van der Waals surface area contributed by atoms with E-state index in [4.69, 9.17) is 5.73 Å². The van der Waals surface area contributed by atoms with Crippen molar-refractivity contribution in [3.8, 4) is 0 Å². The summed E-state index contributed by atoms with van der Waals surface area (Å²) in [6.07, 6.45) is 2.13. The summed E-state index contributed by atoms with van der Waals surface area (Å²) in [4.78, 5) is 15.1. The maximum Gasteiger partial charge on any atom is 0.253 e. The third-order valence-corrected chi connectivity index (χ3v) is 7.54. The molecule has 2 aliphatic rings. The Balaban J connectivity index is 1.50. The normalized spacial score (nSPS) is 24.8. The van der Waals surface area contributed by atoms with E-state index in [9.17, 15) is 13.2 Å². The van der Waals surface area contributed by atoms with Crippen LogP contribution in [0, 0.1) is 11.8 Å². The highest BCUT2D eigenvalue weighted by atomic mass is 32.2. The number of benzene rings is 2. The zero-order chi connectivity index (χ0) is 19.0. The van der Waals surface area contributed by atoms with Crippen molar-refractivity contribution >= 4 is 15.7 Å². The largest absolute Gasteiger partial charge is 0.338 e. The van der Waals surface area contributed by atoms with Gasteiger partial charge in [-0.15, -0.1) is 0 Å². The monoisotopic (exact) mass is 384 g/mol. The van der Waals surface area contributed by atoms with E-state index < -0.39 is 9.84 Å². The van der Waals surface area contributed by atoms with Gasteiger partial charge in [-0.05, 0) is 54.5 Å². The first kappa shape index (κ1) is 18.2. The number of nitrogens with two attached hydrogens (primary N) is 1. The highest BCUT2D eigenvalue weighted by molar-refractivity contribution is 7.90. The molecule has 1 saturated heterocycles. The lowest BCUT2D eigenvalue weighted by molar-refractivity contribution is 0.0779.